The molecule has 12 nitrogen and oxygen atoms in total. The summed E-state index contributed by atoms with van der Waals surface area (Å²) in [5.74, 6) is -1.39. The van der Waals surface area contributed by atoms with Gasteiger partial charge in [-0.15, -0.1) is 0 Å². The van der Waals surface area contributed by atoms with Gasteiger partial charge in [0, 0.05) is 16.7 Å². The highest BCUT2D eigenvalue weighted by atomic mass is 35.5. The molecule has 32 heavy (non-hydrogen) atoms. The molecule has 1 amide bonds. The molecule has 0 aliphatic carbocycles. The minimum Gasteiger partial charge on any atom is -0.333 e. The summed E-state index contributed by atoms with van der Waals surface area (Å²) in [6.07, 6.45) is 1.01. The lowest BCUT2D eigenvalue weighted by Gasteiger charge is -2.12. The molecule has 0 saturated heterocycles. The van der Waals surface area contributed by atoms with Crippen molar-refractivity contribution < 1.29 is 14.6 Å². The van der Waals surface area contributed by atoms with Crippen LogP contribution in [0.5, 0.6) is 0 Å². The molecule has 0 aliphatic heterocycles. The molecule has 1 aromatic heterocycles. The summed E-state index contributed by atoms with van der Waals surface area (Å²) in [6, 6.07) is 7.84. The number of carbonyl (C=O) groups is 1. The first-order chi connectivity index (χ1) is 15.2. The second kappa shape index (κ2) is 9.60. The number of nitro groups is 2. The number of hydrogen-bond acceptors (Lipinski definition) is 9. The number of aromatic nitrogens is 2. The first-order valence-electron chi connectivity index (χ1n) is 8.39. The molecule has 164 valence electrons. The van der Waals surface area contributed by atoms with Gasteiger partial charge in [0.25, 0.3) is 11.6 Å². The van der Waals surface area contributed by atoms with Crippen molar-refractivity contribution >= 4 is 69.4 Å². The molecular weight excluding hydrogens is 489 g/mol. The van der Waals surface area contributed by atoms with Crippen molar-refractivity contribution in [3.63, 3.8) is 0 Å². The van der Waals surface area contributed by atoms with Crippen molar-refractivity contribution in [3.05, 3.63) is 83.6 Å². The first kappa shape index (κ1) is 22.9. The van der Waals surface area contributed by atoms with Crippen molar-refractivity contribution in [1.82, 2.24) is 15.4 Å². The van der Waals surface area contributed by atoms with Gasteiger partial charge in [-0.2, -0.15) is 0 Å². The number of nitrogens with zero attached hydrogens (tertiary/aromatic N) is 4. The van der Waals surface area contributed by atoms with Gasteiger partial charge in [0.2, 0.25) is 11.6 Å². The number of halogens is 3. The molecular formula is C17H10Cl3N7O5. The maximum absolute atomic E-state index is 12.3. The Balaban J connectivity index is 1.85. The smallest absolute Gasteiger partial charge is 0.333 e. The fraction of sp³-hybridized carbons (Fsp3) is 0. The predicted molar refractivity (Wildman–Crippen MR) is 118 cm³/mol. The van der Waals surface area contributed by atoms with Gasteiger partial charge in [-0.3, -0.25) is 35.9 Å². The third-order valence-corrected chi connectivity index (χ3v) is 4.76. The van der Waals surface area contributed by atoms with Crippen LogP contribution in [-0.2, 0) is 0 Å². The van der Waals surface area contributed by atoms with Crippen molar-refractivity contribution in [2.45, 2.75) is 0 Å². The molecule has 0 radical (unpaired) electrons. The van der Waals surface area contributed by atoms with E-state index in [4.69, 9.17) is 34.8 Å². The summed E-state index contributed by atoms with van der Waals surface area (Å²) in [5, 5.41) is 25.7. The highest BCUT2D eigenvalue weighted by Gasteiger charge is 2.24. The third kappa shape index (κ3) is 5.11. The Morgan fingerprint density at radius 1 is 0.906 bits per heavy atom. The summed E-state index contributed by atoms with van der Waals surface area (Å²) in [7, 11) is 0. The van der Waals surface area contributed by atoms with Crippen LogP contribution in [0.1, 0.15) is 10.4 Å². The Labute approximate surface area is 193 Å². The van der Waals surface area contributed by atoms with Crippen LogP contribution in [0.3, 0.4) is 0 Å². The minimum atomic E-state index is -0.826. The zero-order chi connectivity index (χ0) is 23.4. The van der Waals surface area contributed by atoms with Crippen LogP contribution < -0.4 is 16.2 Å². The summed E-state index contributed by atoms with van der Waals surface area (Å²) >= 11 is 17.6. The van der Waals surface area contributed by atoms with E-state index in [1.807, 2.05) is 0 Å². The van der Waals surface area contributed by atoms with Crippen LogP contribution in [0.2, 0.25) is 15.1 Å². The standard InChI is InChI=1S/C17H10Cl3N7O5/c18-9-2-4-12(11(20)6-9)23-15-14(27(31)32)16(22-7-21-15)24-25-17(28)8-1-3-10(19)13(5-8)26(29)30/h1-7H,(H,25,28)(H2,21,22,23,24). The molecule has 3 rings (SSSR count). The highest BCUT2D eigenvalue weighted by Crippen LogP contribution is 2.34. The number of nitrogens with one attached hydrogen (secondary N) is 3. The lowest BCUT2D eigenvalue weighted by Crippen LogP contribution is -2.30. The second-order valence-electron chi connectivity index (χ2n) is 5.93. The van der Waals surface area contributed by atoms with Crippen LogP contribution in [0.4, 0.5) is 28.7 Å². The van der Waals surface area contributed by atoms with Gasteiger partial charge in [0.05, 0.1) is 20.6 Å². The molecule has 0 unspecified atom stereocenters. The van der Waals surface area contributed by atoms with Gasteiger partial charge in [0.1, 0.15) is 11.3 Å². The molecule has 0 fully saturated rings. The lowest BCUT2D eigenvalue weighted by molar-refractivity contribution is -0.384. The molecule has 15 heteroatoms. The van der Waals surface area contributed by atoms with E-state index in [-0.39, 0.29) is 27.2 Å². The molecule has 0 aliphatic rings. The summed E-state index contributed by atoms with van der Waals surface area (Å²) < 4.78 is 0. The van der Waals surface area contributed by atoms with Gasteiger partial charge < -0.3 is 5.32 Å². The van der Waals surface area contributed by atoms with E-state index in [1.165, 1.54) is 30.3 Å². The van der Waals surface area contributed by atoms with Crippen molar-refractivity contribution in [2.24, 2.45) is 0 Å². The number of anilines is 3. The van der Waals surface area contributed by atoms with E-state index in [2.05, 4.69) is 26.1 Å². The van der Waals surface area contributed by atoms with E-state index in [0.717, 1.165) is 12.4 Å². The number of benzene rings is 2. The largest absolute Gasteiger partial charge is 0.355 e. The van der Waals surface area contributed by atoms with Crippen LogP contribution >= 0.6 is 34.8 Å². The second-order valence-corrected chi connectivity index (χ2v) is 7.18. The minimum absolute atomic E-state index is 0.114. The predicted octanol–water partition coefficient (Wildman–Crippen LogP) is 4.75. The van der Waals surface area contributed by atoms with Crippen molar-refractivity contribution in [2.75, 3.05) is 10.7 Å². The molecule has 3 aromatic rings. The number of hydrazine groups is 1. The SMILES string of the molecule is O=C(NNc1ncnc(Nc2ccc(Cl)cc2Cl)c1[N+](=O)[O-])c1ccc(Cl)c([N+](=O)[O-])c1. The topological polar surface area (TPSA) is 165 Å². The zero-order valence-corrected chi connectivity index (χ0v) is 17.8. The molecule has 0 spiro atoms. The van der Waals surface area contributed by atoms with Gasteiger partial charge in [-0.1, -0.05) is 34.8 Å². The summed E-state index contributed by atoms with van der Waals surface area (Å²) in [5.41, 5.74) is 3.61. The van der Waals surface area contributed by atoms with E-state index in [9.17, 15) is 25.0 Å². The summed E-state index contributed by atoms with van der Waals surface area (Å²) in [4.78, 5) is 41.0. The van der Waals surface area contributed by atoms with Gasteiger partial charge in [-0.25, -0.2) is 9.97 Å². The Hall–Kier alpha value is -3.74. The lowest BCUT2D eigenvalue weighted by atomic mass is 10.2. The van der Waals surface area contributed by atoms with E-state index in [1.54, 1.807) is 0 Å². The first-order valence-corrected chi connectivity index (χ1v) is 9.52. The Bertz CT molecular complexity index is 1240. The zero-order valence-electron chi connectivity index (χ0n) is 15.5. The van der Waals surface area contributed by atoms with Crippen LogP contribution in [0.15, 0.2) is 42.7 Å². The molecule has 0 saturated carbocycles. The number of carbonyl (C=O) groups excluding carboxylic acids is 1. The van der Waals surface area contributed by atoms with Crippen LogP contribution in [-0.4, -0.2) is 25.7 Å². The van der Waals surface area contributed by atoms with Gasteiger partial charge in [0.15, 0.2) is 0 Å². The Morgan fingerprint density at radius 3 is 2.28 bits per heavy atom. The molecule has 1 heterocycles. The van der Waals surface area contributed by atoms with E-state index >= 15 is 0 Å². The van der Waals surface area contributed by atoms with Crippen LogP contribution in [0.25, 0.3) is 0 Å². The Morgan fingerprint density at radius 2 is 1.62 bits per heavy atom. The van der Waals surface area contributed by atoms with Crippen molar-refractivity contribution in [3.8, 4) is 0 Å². The third-order valence-electron chi connectivity index (χ3n) is 3.89. The normalized spacial score (nSPS) is 10.3. The number of rotatable bonds is 7. The average molecular weight is 499 g/mol. The highest BCUT2D eigenvalue weighted by molar-refractivity contribution is 6.36. The molecule has 0 bridgehead atoms. The number of nitro benzene ring substituents is 1. The maximum Gasteiger partial charge on any atom is 0.355 e. The number of amides is 1. The fourth-order valence-corrected chi connectivity index (χ4v) is 3.08. The maximum atomic E-state index is 12.3. The quantitative estimate of drug-likeness (QED) is 0.307. The van der Waals surface area contributed by atoms with E-state index < -0.39 is 27.1 Å². The fourth-order valence-electron chi connectivity index (χ4n) is 2.44. The van der Waals surface area contributed by atoms with Gasteiger partial charge >= 0.3 is 5.69 Å². The summed E-state index contributed by atoms with van der Waals surface area (Å²) in [6.45, 7) is 0. The number of hydrogen-bond donors (Lipinski definition) is 3. The van der Waals surface area contributed by atoms with Gasteiger partial charge in [-0.05, 0) is 30.3 Å². The van der Waals surface area contributed by atoms with Crippen LogP contribution in [0, 0.1) is 20.2 Å². The van der Waals surface area contributed by atoms with Crippen molar-refractivity contribution in [1.29, 1.82) is 0 Å². The molecule has 0 atom stereocenters. The Kier molecular flexibility index (Phi) is 6.88. The molecule has 3 N–H and O–H groups in total. The average Bonchev–Trinajstić information content (AvgIpc) is 2.74. The van der Waals surface area contributed by atoms with E-state index in [0.29, 0.717) is 10.7 Å². The molecule has 2 aromatic carbocycles. The monoisotopic (exact) mass is 497 g/mol.